The molecule has 1 aliphatic heterocycles. The van der Waals surface area contributed by atoms with Crippen LogP contribution in [-0.2, 0) is 18.3 Å². The molecule has 108 valence electrons. The molecule has 1 fully saturated rings. The highest BCUT2D eigenvalue weighted by Crippen LogP contribution is 2.14. The minimum absolute atomic E-state index is 0.0339. The van der Waals surface area contributed by atoms with Gasteiger partial charge in [0, 0.05) is 44.0 Å². The molecule has 1 aromatic rings. The van der Waals surface area contributed by atoms with Gasteiger partial charge in [0.2, 0.25) is 0 Å². The Labute approximate surface area is 107 Å². The fourth-order valence-corrected chi connectivity index (χ4v) is 1.51. The van der Waals surface area contributed by atoms with Crippen LogP contribution in [-0.4, -0.2) is 45.7 Å². The lowest BCUT2D eigenvalue weighted by Gasteiger charge is -2.39. The van der Waals surface area contributed by atoms with Gasteiger partial charge >= 0.3 is 12.1 Å². The van der Waals surface area contributed by atoms with Crippen LogP contribution in [0.15, 0.2) is 12.3 Å². The molecule has 0 bridgehead atoms. The van der Waals surface area contributed by atoms with E-state index in [1.54, 1.807) is 0 Å². The van der Waals surface area contributed by atoms with E-state index in [2.05, 4.69) is 10.4 Å². The van der Waals surface area contributed by atoms with Crippen LogP contribution >= 0.6 is 0 Å². The van der Waals surface area contributed by atoms with Crippen molar-refractivity contribution < 1.29 is 23.1 Å². The van der Waals surface area contributed by atoms with Crippen LogP contribution in [0.5, 0.6) is 0 Å². The highest BCUT2D eigenvalue weighted by atomic mass is 19.4. The summed E-state index contributed by atoms with van der Waals surface area (Å²) in [5.41, 5.74) is 7.23. The first-order valence-corrected chi connectivity index (χ1v) is 5.41. The Kier molecular flexibility index (Phi) is 4.53. The standard InChI is InChI=1S/C8H14N4.C2HF3O2/c1-12-7(2-3-11-12)4-8(9)5-10-6-8;3-2(4,5)1(6)7/h2-3,10H,4-6,9H2,1H3;(H,6,7). The Morgan fingerprint density at radius 3 is 2.42 bits per heavy atom. The van der Waals surface area contributed by atoms with Crippen LogP contribution in [0.4, 0.5) is 13.2 Å². The molecule has 1 aromatic heterocycles. The van der Waals surface area contributed by atoms with Gasteiger partial charge in [0.25, 0.3) is 0 Å². The van der Waals surface area contributed by atoms with E-state index in [9.17, 15) is 13.2 Å². The van der Waals surface area contributed by atoms with E-state index in [1.165, 1.54) is 5.69 Å². The van der Waals surface area contributed by atoms with Gasteiger partial charge in [0.05, 0.1) is 0 Å². The monoisotopic (exact) mass is 280 g/mol. The molecule has 2 rings (SSSR count). The molecule has 2 heterocycles. The third kappa shape index (κ3) is 4.52. The fourth-order valence-electron chi connectivity index (χ4n) is 1.51. The van der Waals surface area contributed by atoms with E-state index in [4.69, 9.17) is 15.6 Å². The quantitative estimate of drug-likeness (QED) is 0.703. The highest BCUT2D eigenvalue weighted by Gasteiger charge is 2.38. The molecular formula is C10H15F3N4O2. The normalized spacial score (nSPS) is 17.1. The molecule has 0 aromatic carbocycles. The van der Waals surface area contributed by atoms with Crippen molar-refractivity contribution >= 4 is 5.97 Å². The molecule has 19 heavy (non-hydrogen) atoms. The lowest BCUT2D eigenvalue weighted by molar-refractivity contribution is -0.192. The Bertz CT molecular complexity index is 440. The van der Waals surface area contributed by atoms with Crippen molar-refractivity contribution in [3.8, 4) is 0 Å². The summed E-state index contributed by atoms with van der Waals surface area (Å²) in [7, 11) is 1.95. The number of carboxylic acids is 1. The maximum atomic E-state index is 10.6. The topological polar surface area (TPSA) is 93.2 Å². The second-order valence-electron chi connectivity index (χ2n) is 4.39. The Balaban J connectivity index is 0.000000224. The minimum Gasteiger partial charge on any atom is -0.475 e. The zero-order valence-corrected chi connectivity index (χ0v) is 10.2. The number of hydrogen-bond donors (Lipinski definition) is 3. The summed E-state index contributed by atoms with van der Waals surface area (Å²) in [4.78, 5) is 8.90. The average Bonchev–Trinajstić information content (AvgIpc) is 2.61. The van der Waals surface area contributed by atoms with Gasteiger partial charge in [-0.25, -0.2) is 4.79 Å². The first kappa shape index (κ1) is 15.4. The number of aliphatic carboxylic acids is 1. The molecule has 4 N–H and O–H groups in total. The molecule has 9 heteroatoms. The van der Waals surface area contributed by atoms with E-state index in [0.717, 1.165) is 19.5 Å². The number of nitrogens with one attached hydrogen (secondary N) is 1. The Hall–Kier alpha value is -1.61. The van der Waals surface area contributed by atoms with Crippen LogP contribution in [0.2, 0.25) is 0 Å². The molecule has 0 amide bonds. The van der Waals surface area contributed by atoms with Gasteiger partial charge in [-0.2, -0.15) is 18.3 Å². The molecule has 0 saturated carbocycles. The van der Waals surface area contributed by atoms with E-state index in [0.29, 0.717) is 0 Å². The number of rotatable bonds is 2. The first-order valence-electron chi connectivity index (χ1n) is 5.41. The van der Waals surface area contributed by atoms with Crippen molar-refractivity contribution in [3.05, 3.63) is 18.0 Å². The van der Waals surface area contributed by atoms with Crippen molar-refractivity contribution in [3.63, 3.8) is 0 Å². The number of carboxylic acid groups (broad SMARTS) is 1. The molecule has 0 atom stereocenters. The van der Waals surface area contributed by atoms with Gasteiger partial charge in [-0.3, -0.25) is 4.68 Å². The highest BCUT2D eigenvalue weighted by molar-refractivity contribution is 5.73. The lowest BCUT2D eigenvalue weighted by Crippen LogP contribution is -2.66. The minimum atomic E-state index is -5.08. The van der Waals surface area contributed by atoms with Gasteiger partial charge in [0.1, 0.15) is 0 Å². The summed E-state index contributed by atoms with van der Waals surface area (Å²) in [6.45, 7) is 1.83. The van der Waals surface area contributed by atoms with Crippen LogP contribution in [0.1, 0.15) is 5.69 Å². The second kappa shape index (κ2) is 5.57. The van der Waals surface area contributed by atoms with Crippen molar-refractivity contribution in [1.82, 2.24) is 15.1 Å². The van der Waals surface area contributed by atoms with Crippen LogP contribution in [0.25, 0.3) is 0 Å². The van der Waals surface area contributed by atoms with Crippen LogP contribution in [0.3, 0.4) is 0 Å². The predicted octanol–water partition coefficient (Wildman–Crippen LogP) is -0.103. The Morgan fingerprint density at radius 1 is 1.63 bits per heavy atom. The number of aromatic nitrogens is 2. The molecule has 1 aliphatic rings. The van der Waals surface area contributed by atoms with E-state index < -0.39 is 12.1 Å². The summed E-state index contributed by atoms with van der Waals surface area (Å²) < 4.78 is 33.6. The maximum Gasteiger partial charge on any atom is 0.490 e. The van der Waals surface area contributed by atoms with Crippen molar-refractivity contribution in [2.45, 2.75) is 18.1 Å². The number of halogens is 3. The Morgan fingerprint density at radius 2 is 2.16 bits per heavy atom. The zero-order chi connectivity index (χ0) is 14.7. The van der Waals surface area contributed by atoms with Crippen molar-refractivity contribution in [1.29, 1.82) is 0 Å². The molecular weight excluding hydrogens is 265 g/mol. The number of aryl methyl sites for hydroxylation is 1. The molecule has 0 radical (unpaired) electrons. The summed E-state index contributed by atoms with van der Waals surface area (Å²) in [6, 6.07) is 2.02. The van der Waals surface area contributed by atoms with Crippen molar-refractivity contribution in [2.75, 3.05) is 13.1 Å². The summed E-state index contributed by atoms with van der Waals surface area (Å²) in [6.07, 6.45) is -2.36. The average molecular weight is 280 g/mol. The number of alkyl halides is 3. The third-order valence-electron chi connectivity index (χ3n) is 2.65. The van der Waals surface area contributed by atoms with Gasteiger partial charge in [-0.05, 0) is 6.07 Å². The summed E-state index contributed by atoms with van der Waals surface area (Å²) in [5.74, 6) is -2.76. The smallest absolute Gasteiger partial charge is 0.475 e. The van der Waals surface area contributed by atoms with Gasteiger partial charge in [-0.15, -0.1) is 0 Å². The second-order valence-corrected chi connectivity index (χ2v) is 4.39. The lowest BCUT2D eigenvalue weighted by atomic mass is 9.88. The maximum absolute atomic E-state index is 10.6. The van der Waals surface area contributed by atoms with Crippen molar-refractivity contribution in [2.24, 2.45) is 12.8 Å². The zero-order valence-electron chi connectivity index (χ0n) is 10.2. The SMILES string of the molecule is Cn1nccc1CC1(N)CNC1.O=C(O)C(F)(F)F. The number of nitrogens with zero attached hydrogens (tertiary/aromatic N) is 2. The number of carbonyl (C=O) groups is 1. The first-order chi connectivity index (χ1) is 8.64. The van der Waals surface area contributed by atoms with Crippen LogP contribution < -0.4 is 11.1 Å². The van der Waals surface area contributed by atoms with Gasteiger partial charge in [-0.1, -0.05) is 0 Å². The molecule has 1 saturated heterocycles. The predicted molar refractivity (Wildman–Crippen MR) is 60.4 cm³/mol. The van der Waals surface area contributed by atoms with Gasteiger partial charge in [0.15, 0.2) is 0 Å². The molecule has 0 aliphatic carbocycles. The summed E-state index contributed by atoms with van der Waals surface area (Å²) in [5, 5.41) is 14.4. The van der Waals surface area contributed by atoms with Crippen LogP contribution in [0, 0.1) is 0 Å². The molecule has 0 spiro atoms. The van der Waals surface area contributed by atoms with E-state index >= 15 is 0 Å². The van der Waals surface area contributed by atoms with E-state index in [1.807, 2.05) is 24.0 Å². The fraction of sp³-hybridized carbons (Fsp3) is 0.600. The largest absolute Gasteiger partial charge is 0.490 e. The molecule has 0 unspecified atom stereocenters. The summed E-state index contributed by atoms with van der Waals surface area (Å²) >= 11 is 0. The number of nitrogens with two attached hydrogens (primary N) is 1. The number of hydrogen-bond acceptors (Lipinski definition) is 4. The molecule has 6 nitrogen and oxygen atoms in total. The van der Waals surface area contributed by atoms with E-state index in [-0.39, 0.29) is 5.54 Å². The van der Waals surface area contributed by atoms with Gasteiger partial charge < -0.3 is 16.2 Å². The third-order valence-corrected chi connectivity index (χ3v) is 2.65.